The lowest BCUT2D eigenvalue weighted by Crippen LogP contribution is -1.91. The summed E-state index contributed by atoms with van der Waals surface area (Å²) < 4.78 is 0. The molecule has 4 nitrogen and oxygen atoms in total. The molecule has 0 saturated heterocycles. The number of aromatic amines is 1. The number of hydrogen-bond donors (Lipinski definition) is 2. The molecule has 0 spiro atoms. The van der Waals surface area contributed by atoms with E-state index >= 15 is 0 Å². The van der Waals surface area contributed by atoms with Gasteiger partial charge in [0.15, 0.2) is 5.16 Å². The van der Waals surface area contributed by atoms with E-state index in [4.69, 9.17) is 11.6 Å². The van der Waals surface area contributed by atoms with Crippen molar-refractivity contribution in [1.82, 2.24) is 15.2 Å². The van der Waals surface area contributed by atoms with E-state index in [9.17, 15) is 0 Å². The highest BCUT2D eigenvalue weighted by Crippen LogP contribution is 2.23. The van der Waals surface area contributed by atoms with Crippen LogP contribution < -0.4 is 5.32 Å². The summed E-state index contributed by atoms with van der Waals surface area (Å²) in [4.78, 5) is 5.70. The van der Waals surface area contributed by atoms with Gasteiger partial charge in [0, 0.05) is 21.3 Å². The van der Waals surface area contributed by atoms with Crippen LogP contribution in [0.1, 0.15) is 4.88 Å². The van der Waals surface area contributed by atoms with Gasteiger partial charge in [0.05, 0.1) is 0 Å². The third kappa shape index (κ3) is 3.53. The van der Waals surface area contributed by atoms with Crippen LogP contribution in [0.2, 0.25) is 5.02 Å². The van der Waals surface area contributed by atoms with Gasteiger partial charge in [-0.15, -0.1) is 16.4 Å². The van der Waals surface area contributed by atoms with Crippen LogP contribution in [0, 0.1) is 0 Å². The van der Waals surface area contributed by atoms with Crippen LogP contribution in [0.15, 0.2) is 46.9 Å². The van der Waals surface area contributed by atoms with Crippen LogP contribution in [0.3, 0.4) is 0 Å². The molecule has 0 amide bonds. The Morgan fingerprint density at radius 3 is 2.85 bits per heavy atom. The molecule has 0 aliphatic carbocycles. The van der Waals surface area contributed by atoms with Crippen molar-refractivity contribution in [2.24, 2.45) is 0 Å². The summed E-state index contributed by atoms with van der Waals surface area (Å²) in [6.07, 6.45) is 0. The second kappa shape index (κ2) is 6.30. The summed E-state index contributed by atoms with van der Waals surface area (Å²) in [5, 5.41) is 13.8. The molecule has 2 heterocycles. The van der Waals surface area contributed by atoms with Gasteiger partial charge in [0.2, 0.25) is 5.95 Å². The summed E-state index contributed by atoms with van der Waals surface area (Å²) in [7, 11) is 0. The molecule has 3 aromatic rings. The highest BCUT2D eigenvalue weighted by atomic mass is 35.5. The number of nitrogens with one attached hydrogen (secondary N) is 2. The molecule has 0 fully saturated rings. The van der Waals surface area contributed by atoms with Crippen molar-refractivity contribution in [3.63, 3.8) is 0 Å². The Bertz CT molecular complexity index is 664. The molecule has 7 heteroatoms. The number of nitrogens with zero attached hydrogens (tertiary/aromatic N) is 2. The lowest BCUT2D eigenvalue weighted by atomic mass is 10.3. The molecule has 1 aromatic carbocycles. The molecule has 0 atom stereocenters. The zero-order chi connectivity index (χ0) is 13.8. The zero-order valence-electron chi connectivity index (χ0n) is 10.3. The minimum atomic E-state index is 0.556. The van der Waals surface area contributed by atoms with Crippen LogP contribution in [0.5, 0.6) is 0 Å². The Morgan fingerprint density at radius 2 is 2.10 bits per heavy atom. The topological polar surface area (TPSA) is 53.6 Å². The van der Waals surface area contributed by atoms with Crippen molar-refractivity contribution in [3.8, 4) is 0 Å². The number of anilines is 2. The minimum absolute atomic E-state index is 0.556. The maximum absolute atomic E-state index is 5.84. The van der Waals surface area contributed by atoms with Gasteiger partial charge in [0.1, 0.15) is 0 Å². The smallest absolute Gasteiger partial charge is 0.247 e. The fraction of sp³-hybridized carbons (Fsp3) is 0.0769. The molecule has 0 aliphatic heterocycles. The average molecular weight is 323 g/mol. The van der Waals surface area contributed by atoms with E-state index in [1.165, 1.54) is 4.88 Å². The Kier molecular flexibility index (Phi) is 4.25. The van der Waals surface area contributed by atoms with E-state index in [1.54, 1.807) is 23.1 Å². The number of benzene rings is 1. The predicted molar refractivity (Wildman–Crippen MR) is 85.0 cm³/mol. The SMILES string of the molecule is Clc1ccc(Nc2n[nH]c(SCc3cccs3)n2)cc1. The third-order valence-corrected chi connectivity index (χ3v) is 4.72. The van der Waals surface area contributed by atoms with Gasteiger partial charge < -0.3 is 5.32 Å². The van der Waals surface area contributed by atoms with Crippen LogP contribution in [-0.2, 0) is 5.75 Å². The third-order valence-electron chi connectivity index (χ3n) is 2.50. The van der Waals surface area contributed by atoms with E-state index in [1.807, 2.05) is 24.3 Å². The average Bonchev–Trinajstić information content (AvgIpc) is 3.10. The molecule has 0 unspecified atom stereocenters. The summed E-state index contributed by atoms with van der Waals surface area (Å²) in [6, 6.07) is 11.6. The van der Waals surface area contributed by atoms with Gasteiger partial charge in [-0.05, 0) is 35.7 Å². The molecule has 0 radical (unpaired) electrons. The fourth-order valence-electron chi connectivity index (χ4n) is 1.56. The first-order valence-corrected chi connectivity index (χ1v) is 8.14. The zero-order valence-corrected chi connectivity index (χ0v) is 12.7. The fourth-order valence-corrected chi connectivity index (χ4v) is 3.26. The molecule has 0 saturated carbocycles. The standard InChI is InChI=1S/C13H11ClN4S2/c14-9-3-5-10(6-4-9)15-12-16-13(18-17-12)20-8-11-2-1-7-19-11/h1-7H,8H2,(H2,15,16,17,18). The van der Waals surface area contributed by atoms with Gasteiger partial charge in [0.25, 0.3) is 0 Å². The van der Waals surface area contributed by atoms with E-state index < -0.39 is 0 Å². The minimum Gasteiger partial charge on any atom is -0.323 e. The highest BCUT2D eigenvalue weighted by Gasteiger charge is 2.05. The van der Waals surface area contributed by atoms with Crippen LogP contribution >= 0.6 is 34.7 Å². The number of H-pyrrole nitrogens is 1. The van der Waals surface area contributed by atoms with E-state index in [2.05, 4.69) is 38.0 Å². The molecular weight excluding hydrogens is 312 g/mol. The number of rotatable bonds is 5. The van der Waals surface area contributed by atoms with Gasteiger partial charge in [-0.3, -0.25) is 5.10 Å². The molecule has 2 aromatic heterocycles. The first kappa shape index (κ1) is 13.5. The Labute approximate surface area is 129 Å². The molecule has 0 aliphatic rings. The first-order valence-electron chi connectivity index (χ1n) is 5.90. The quantitative estimate of drug-likeness (QED) is 0.676. The Balaban J connectivity index is 1.60. The molecule has 20 heavy (non-hydrogen) atoms. The Hall–Kier alpha value is -1.50. The molecule has 2 N–H and O–H groups in total. The number of thioether (sulfide) groups is 1. The Morgan fingerprint density at radius 1 is 1.25 bits per heavy atom. The maximum atomic E-state index is 5.84. The largest absolute Gasteiger partial charge is 0.323 e. The van der Waals surface area contributed by atoms with Crippen molar-refractivity contribution in [2.45, 2.75) is 10.9 Å². The highest BCUT2D eigenvalue weighted by molar-refractivity contribution is 7.98. The normalized spacial score (nSPS) is 10.7. The predicted octanol–water partition coefficient (Wildman–Crippen LogP) is 4.56. The van der Waals surface area contributed by atoms with Crippen LogP contribution in [0.25, 0.3) is 0 Å². The molecule has 102 valence electrons. The molecule has 3 rings (SSSR count). The van der Waals surface area contributed by atoms with Crippen molar-refractivity contribution < 1.29 is 0 Å². The van der Waals surface area contributed by atoms with Gasteiger partial charge >= 0.3 is 0 Å². The van der Waals surface area contributed by atoms with Crippen molar-refractivity contribution in [3.05, 3.63) is 51.7 Å². The van der Waals surface area contributed by atoms with Crippen molar-refractivity contribution >= 4 is 46.3 Å². The second-order valence-electron chi connectivity index (χ2n) is 3.96. The van der Waals surface area contributed by atoms with Gasteiger partial charge in [-0.25, -0.2) is 0 Å². The lowest BCUT2D eigenvalue weighted by Gasteiger charge is -2.00. The number of hydrogen-bond acceptors (Lipinski definition) is 5. The summed E-state index contributed by atoms with van der Waals surface area (Å²) >= 11 is 9.22. The maximum Gasteiger partial charge on any atom is 0.247 e. The van der Waals surface area contributed by atoms with Crippen molar-refractivity contribution in [2.75, 3.05) is 5.32 Å². The number of aromatic nitrogens is 3. The van der Waals surface area contributed by atoms with E-state index in [0.717, 1.165) is 16.6 Å². The molecular formula is C13H11ClN4S2. The lowest BCUT2D eigenvalue weighted by molar-refractivity contribution is 0.973. The number of halogens is 1. The first-order chi connectivity index (χ1) is 9.79. The summed E-state index contributed by atoms with van der Waals surface area (Å²) in [5.74, 6) is 1.45. The van der Waals surface area contributed by atoms with E-state index in [-0.39, 0.29) is 0 Å². The van der Waals surface area contributed by atoms with Gasteiger partial charge in [-0.2, -0.15) is 4.98 Å². The summed E-state index contributed by atoms with van der Waals surface area (Å²) in [6.45, 7) is 0. The second-order valence-corrected chi connectivity index (χ2v) is 6.40. The van der Waals surface area contributed by atoms with Crippen LogP contribution in [-0.4, -0.2) is 15.2 Å². The summed E-state index contributed by atoms with van der Waals surface area (Å²) in [5.41, 5.74) is 0.906. The molecule has 0 bridgehead atoms. The number of thiophene rings is 1. The van der Waals surface area contributed by atoms with Gasteiger partial charge in [-0.1, -0.05) is 29.4 Å². The van der Waals surface area contributed by atoms with Crippen LogP contribution in [0.4, 0.5) is 11.6 Å². The van der Waals surface area contributed by atoms with Crippen molar-refractivity contribution in [1.29, 1.82) is 0 Å². The monoisotopic (exact) mass is 322 g/mol. The van der Waals surface area contributed by atoms with E-state index in [0.29, 0.717) is 11.0 Å².